The van der Waals surface area contributed by atoms with Gasteiger partial charge in [-0.1, -0.05) is 13.8 Å². The van der Waals surface area contributed by atoms with E-state index in [1.807, 2.05) is 33.9 Å². The molecule has 8 nitrogen and oxygen atoms in total. The first kappa shape index (κ1) is 17.4. The number of fused-ring (bicyclic) bond motifs is 1. The van der Waals surface area contributed by atoms with Crippen molar-refractivity contribution in [3.63, 3.8) is 0 Å². The SMILES string of the molecule is CCC(CC)n1cc(-c2nc(-c3cnn(CCO)c3)cn3nccc23)cn1. The zero-order valence-electron chi connectivity index (χ0n) is 15.5. The maximum Gasteiger partial charge on any atom is 0.0999 e. The minimum atomic E-state index is 0.0488. The fourth-order valence-corrected chi connectivity index (χ4v) is 3.32. The quantitative estimate of drug-likeness (QED) is 0.544. The Morgan fingerprint density at radius 3 is 2.59 bits per heavy atom. The van der Waals surface area contributed by atoms with Crippen LogP contribution in [-0.4, -0.2) is 45.9 Å². The molecular weight excluding hydrogens is 342 g/mol. The van der Waals surface area contributed by atoms with Gasteiger partial charge in [0.15, 0.2) is 0 Å². The molecule has 0 spiro atoms. The Kier molecular flexibility index (Phi) is 4.72. The van der Waals surface area contributed by atoms with E-state index in [9.17, 15) is 0 Å². The molecule has 0 unspecified atom stereocenters. The summed E-state index contributed by atoms with van der Waals surface area (Å²) in [5, 5.41) is 22.3. The Bertz CT molecular complexity index is 1040. The van der Waals surface area contributed by atoms with Gasteiger partial charge >= 0.3 is 0 Å². The van der Waals surface area contributed by atoms with Gasteiger partial charge in [-0.2, -0.15) is 15.3 Å². The molecule has 4 rings (SSSR count). The lowest BCUT2D eigenvalue weighted by Crippen LogP contribution is -2.06. The first-order valence-corrected chi connectivity index (χ1v) is 9.26. The summed E-state index contributed by atoms with van der Waals surface area (Å²) in [5.74, 6) is 0. The maximum atomic E-state index is 9.09. The van der Waals surface area contributed by atoms with E-state index in [-0.39, 0.29) is 6.61 Å². The van der Waals surface area contributed by atoms with Crippen LogP contribution in [0, 0.1) is 0 Å². The molecule has 27 heavy (non-hydrogen) atoms. The zero-order chi connectivity index (χ0) is 18.8. The van der Waals surface area contributed by atoms with Gasteiger partial charge in [0.05, 0.1) is 60.9 Å². The molecule has 0 saturated heterocycles. The highest BCUT2D eigenvalue weighted by Crippen LogP contribution is 2.27. The molecule has 0 aromatic carbocycles. The molecule has 0 atom stereocenters. The number of hydrogen-bond donors (Lipinski definition) is 1. The van der Waals surface area contributed by atoms with Gasteiger partial charge < -0.3 is 5.11 Å². The van der Waals surface area contributed by atoms with Crippen molar-refractivity contribution in [2.45, 2.75) is 39.3 Å². The van der Waals surface area contributed by atoms with E-state index in [1.165, 1.54) is 0 Å². The molecule has 0 bridgehead atoms. The number of rotatable bonds is 7. The highest BCUT2D eigenvalue weighted by molar-refractivity contribution is 5.78. The fraction of sp³-hybridized carbons (Fsp3) is 0.368. The lowest BCUT2D eigenvalue weighted by molar-refractivity contribution is 0.269. The van der Waals surface area contributed by atoms with E-state index in [2.05, 4.69) is 35.3 Å². The fourth-order valence-electron chi connectivity index (χ4n) is 3.32. The molecular formula is C19H23N7O. The normalized spacial score (nSPS) is 11.7. The van der Waals surface area contributed by atoms with Crippen LogP contribution in [0.25, 0.3) is 28.0 Å². The monoisotopic (exact) mass is 365 g/mol. The summed E-state index contributed by atoms with van der Waals surface area (Å²) >= 11 is 0. The van der Waals surface area contributed by atoms with E-state index in [1.54, 1.807) is 17.1 Å². The minimum Gasteiger partial charge on any atom is -0.394 e. The average Bonchev–Trinajstić information content (AvgIpc) is 3.42. The Morgan fingerprint density at radius 1 is 1.00 bits per heavy atom. The topological polar surface area (TPSA) is 86.1 Å². The van der Waals surface area contributed by atoms with Crippen LogP contribution in [0.2, 0.25) is 0 Å². The van der Waals surface area contributed by atoms with Crippen molar-refractivity contribution in [1.82, 2.24) is 34.2 Å². The minimum absolute atomic E-state index is 0.0488. The van der Waals surface area contributed by atoms with Crippen molar-refractivity contribution in [3.05, 3.63) is 43.2 Å². The Labute approximate surface area is 157 Å². The average molecular weight is 365 g/mol. The molecule has 4 aromatic heterocycles. The van der Waals surface area contributed by atoms with Crippen LogP contribution in [-0.2, 0) is 6.54 Å². The summed E-state index contributed by atoms with van der Waals surface area (Å²) in [7, 11) is 0. The van der Waals surface area contributed by atoms with Crippen LogP contribution in [0.3, 0.4) is 0 Å². The molecule has 140 valence electrons. The van der Waals surface area contributed by atoms with Crippen LogP contribution in [0.1, 0.15) is 32.7 Å². The predicted molar refractivity (Wildman–Crippen MR) is 102 cm³/mol. The summed E-state index contributed by atoms with van der Waals surface area (Å²) < 4.78 is 5.56. The molecule has 0 fully saturated rings. The summed E-state index contributed by atoms with van der Waals surface area (Å²) in [6, 6.07) is 2.34. The number of nitrogens with zero attached hydrogens (tertiary/aromatic N) is 7. The summed E-state index contributed by atoms with van der Waals surface area (Å²) in [6.07, 6.45) is 13.3. The molecule has 4 aromatic rings. The van der Waals surface area contributed by atoms with E-state index in [4.69, 9.17) is 10.1 Å². The third-order valence-electron chi connectivity index (χ3n) is 4.84. The first-order chi connectivity index (χ1) is 13.2. The van der Waals surface area contributed by atoms with E-state index >= 15 is 0 Å². The van der Waals surface area contributed by atoms with Crippen molar-refractivity contribution in [2.75, 3.05) is 6.61 Å². The molecule has 0 saturated carbocycles. The zero-order valence-corrected chi connectivity index (χ0v) is 15.5. The van der Waals surface area contributed by atoms with Gasteiger partial charge in [-0.15, -0.1) is 0 Å². The molecule has 0 aliphatic rings. The maximum absolute atomic E-state index is 9.09. The highest BCUT2D eigenvalue weighted by atomic mass is 16.3. The Hall–Kier alpha value is -3.00. The second-order valence-corrected chi connectivity index (χ2v) is 6.53. The lowest BCUT2D eigenvalue weighted by Gasteiger charge is -2.12. The first-order valence-electron chi connectivity index (χ1n) is 9.26. The number of aliphatic hydroxyl groups is 1. The molecule has 0 radical (unpaired) electrons. The van der Waals surface area contributed by atoms with Crippen molar-refractivity contribution in [3.8, 4) is 22.5 Å². The molecule has 0 amide bonds. The number of aliphatic hydroxyl groups excluding tert-OH is 1. The molecule has 0 aliphatic heterocycles. The van der Waals surface area contributed by atoms with E-state index in [0.717, 1.165) is 40.9 Å². The Balaban J connectivity index is 1.79. The summed E-state index contributed by atoms with van der Waals surface area (Å²) in [5.41, 5.74) is 4.41. The number of aromatic nitrogens is 7. The van der Waals surface area contributed by atoms with Gasteiger partial charge in [-0.25, -0.2) is 9.50 Å². The number of hydrogen-bond acceptors (Lipinski definition) is 5. The predicted octanol–water partition coefficient (Wildman–Crippen LogP) is 2.81. The van der Waals surface area contributed by atoms with Crippen LogP contribution < -0.4 is 0 Å². The highest BCUT2D eigenvalue weighted by Gasteiger charge is 2.15. The summed E-state index contributed by atoms with van der Waals surface area (Å²) in [4.78, 5) is 4.88. The molecule has 4 heterocycles. The van der Waals surface area contributed by atoms with E-state index < -0.39 is 0 Å². The van der Waals surface area contributed by atoms with Gasteiger partial charge in [0.2, 0.25) is 0 Å². The van der Waals surface area contributed by atoms with Crippen molar-refractivity contribution < 1.29 is 5.11 Å². The van der Waals surface area contributed by atoms with Crippen molar-refractivity contribution in [1.29, 1.82) is 0 Å². The van der Waals surface area contributed by atoms with Crippen LogP contribution in [0.4, 0.5) is 0 Å². The van der Waals surface area contributed by atoms with Crippen LogP contribution >= 0.6 is 0 Å². The van der Waals surface area contributed by atoms with E-state index in [0.29, 0.717) is 12.6 Å². The van der Waals surface area contributed by atoms with Crippen LogP contribution in [0.5, 0.6) is 0 Å². The second kappa shape index (κ2) is 7.32. The van der Waals surface area contributed by atoms with Crippen molar-refractivity contribution >= 4 is 5.52 Å². The van der Waals surface area contributed by atoms with Gasteiger partial charge in [-0.3, -0.25) is 9.36 Å². The third-order valence-corrected chi connectivity index (χ3v) is 4.84. The van der Waals surface area contributed by atoms with Gasteiger partial charge in [0.25, 0.3) is 0 Å². The standard InChI is InChI=1S/C19H23N7O/c1-3-16(4-2)25-12-15(10-22-25)19-18-5-6-20-26(18)13-17(23-19)14-9-21-24(11-14)7-8-27/h5-6,9-13,16,27H,3-4,7-8H2,1-2H3. The molecule has 0 aliphatic carbocycles. The summed E-state index contributed by atoms with van der Waals surface area (Å²) in [6.45, 7) is 4.85. The largest absolute Gasteiger partial charge is 0.394 e. The molecule has 8 heteroatoms. The van der Waals surface area contributed by atoms with Crippen molar-refractivity contribution in [2.24, 2.45) is 0 Å². The lowest BCUT2D eigenvalue weighted by atomic mass is 10.1. The van der Waals surface area contributed by atoms with Gasteiger partial charge in [0, 0.05) is 23.5 Å². The Morgan fingerprint density at radius 2 is 1.81 bits per heavy atom. The second-order valence-electron chi connectivity index (χ2n) is 6.53. The third kappa shape index (κ3) is 3.23. The van der Waals surface area contributed by atoms with Crippen LogP contribution in [0.15, 0.2) is 43.2 Å². The van der Waals surface area contributed by atoms with Gasteiger partial charge in [0.1, 0.15) is 0 Å². The van der Waals surface area contributed by atoms with Gasteiger partial charge in [-0.05, 0) is 18.9 Å². The molecule has 1 N–H and O–H groups in total. The smallest absolute Gasteiger partial charge is 0.0999 e.